The highest BCUT2D eigenvalue weighted by molar-refractivity contribution is 7.99. The number of nitrogens with zero attached hydrogens (tertiary/aromatic N) is 1. The second-order valence-electron chi connectivity index (χ2n) is 4.24. The largest absolute Gasteiger partial charge is 0.383 e. The third-order valence-corrected chi connectivity index (χ3v) is 3.99. The predicted molar refractivity (Wildman–Crippen MR) is 73.3 cm³/mol. The van der Waals surface area contributed by atoms with Crippen LogP contribution in [0.25, 0.3) is 0 Å². The zero-order valence-electron chi connectivity index (χ0n) is 9.86. The van der Waals surface area contributed by atoms with E-state index in [9.17, 15) is 0 Å². The molecule has 88 valence electrons. The van der Waals surface area contributed by atoms with Gasteiger partial charge in [-0.1, -0.05) is 18.2 Å². The number of benzene rings is 1. The summed E-state index contributed by atoms with van der Waals surface area (Å²) in [7, 11) is 0. The van der Waals surface area contributed by atoms with E-state index in [0.717, 1.165) is 6.54 Å². The maximum Gasteiger partial charge on any atom is 0.0340 e. The van der Waals surface area contributed by atoms with E-state index < -0.39 is 0 Å². The van der Waals surface area contributed by atoms with Crippen molar-refractivity contribution in [1.29, 1.82) is 0 Å². The second-order valence-corrected chi connectivity index (χ2v) is 5.47. The van der Waals surface area contributed by atoms with Crippen LogP contribution in [0.4, 0.5) is 5.69 Å². The molecule has 0 spiro atoms. The van der Waals surface area contributed by atoms with Crippen molar-refractivity contribution >= 4 is 17.4 Å². The van der Waals surface area contributed by atoms with Crippen molar-refractivity contribution in [3.63, 3.8) is 0 Å². The fraction of sp³-hybridized carbons (Fsp3) is 0.538. The molecule has 0 amide bonds. The minimum absolute atomic E-state index is 0.626. The molecule has 0 saturated carbocycles. The van der Waals surface area contributed by atoms with Gasteiger partial charge in [-0.25, -0.2) is 0 Å². The summed E-state index contributed by atoms with van der Waals surface area (Å²) in [4.78, 5) is 2.58. The monoisotopic (exact) mass is 236 g/mol. The summed E-state index contributed by atoms with van der Waals surface area (Å²) in [5, 5.41) is 3.49. The Kier molecular flexibility index (Phi) is 4.55. The van der Waals surface area contributed by atoms with Gasteiger partial charge < -0.3 is 5.32 Å². The number of anilines is 1. The highest BCUT2D eigenvalue weighted by Crippen LogP contribution is 2.13. The van der Waals surface area contributed by atoms with Crippen molar-refractivity contribution in [3.05, 3.63) is 30.3 Å². The van der Waals surface area contributed by atoms with Crippen molar-refractivity contribution in [2.75, 3.05) is 36.5 Å². The van der Waals surface area contributed by atoms with E-state index in [-0.39, 0.29) is 0 Å². The van der Waals surface area contributed by atoms with Crippen molar-refractivity contribution in [1.82, 2.24) is 4.90 Å². The molecule has 1 aromatic carbocycles. The standard InChI is InChI=1S/C13H20N2S/c1-12(15-7-9-16-10-8-15)11-14-13-5-3-2-4-6-13/h2-6,12,14H,7-11H2,1H3. The maximum atomic E-state index is 3.49. The van der Waals surface area contributed by atoms with Crippen LogP contribution in [0.2, 0.25) is 0 Å². The third kappa shape index (κ3) is 3.42. The lowest BCUT2D eigenvalue weighted by Gasteiger charge is -2.32. The van der Waals surface area contributed by atoms with Crippen LogP contribution in [0.5, 0.6) is 0 Å². The predicted octanol–water partition coefficient (Wildman–Crippen LogP) is 2.54. The van der Waals surface area contributed by atoms with E-state index >= 15 is 0 Å². The Hall–Kier alpha value is -0.670. The van der Waals surface area contributed by atoms with E-state index in [1.807, 2.05) is 0 Å². The Morgan fingerprint density at radius 3 is 2.62 bits per heavy atom. The fourth-order valence-corrected chi connectivity index (χ4v) is 2.90. The van der Waals surface area contributed by atoms with Crippen LogP contribution in [0.1, 0.15) is 6.92 Å². The molecule has 1 saturated heterocycles. The van der Waals surface area contributed by atoms with Gasteiger partial charge in [-0.05, 0) is 19.1 Å². The molecule has 1 unspecified atom stereocenters. The number of para-hydroxylation sites is 1. The molecular weight excluding hydrogens is 216 g/mol. The van der Waals surface area contributed by atoms with E-state index in [0.29, 0.717) is 6.04 Å². The summed E-state index contributed by atoms with van der Waals surface area (Å²) in [5.74, 6) is 2.57. The topological polar surface area (TPSA) is 15.3 Å². The van der Waals surface area contributed by atoms with Gasteiger partial charge in [0.05, 0.1) is 0 Å². The number of thioether (sulfide) groups is 1. The van der Waals surface area contributed by atoms with E-state index in [1.54, 1.807) is 0 Å². The van der Waals surface area contributed by atoms with Crippen LogP contribution in [0.15, 0.2) is 30.3 Å². The summed E-state index contributed by atoms with van der Waals surface area (Å²) >= 11 is 2.07. The normalized spacial score (nSPS) is 19.3. The van der Waals surface area contributed by atoms with Crippen LogP contribution >= 0.6 is 11.8 Å². The summed E-state index contributed by atoms with van der Waals surface area (Å²) < 4.78 is 0. The molecule has 0 radical (unpaired) electrons. The Morgan fingerprint density at radius 2 is 1.94 bits per heavy atom. The number of hydrogen-bond donors (Lipinski definition) is 1. The van der Waals surface area contributed by atoms with Crippen molar-refractivity contribution < 1.29 is 0 Å². The van der Waals surface area contributed by atoms with Gasteiger partial charge in [0.1, 0.15) is 0 Å². The average molecular weight is 236 g/mol. The Balaban J connectivity index is 1.76. The van der Waals surface area contributed by atoms with Crippen LogP contribution in [-0.2, 0) is 0 Å². The summed E-state index contributed by atoms with van der Waals surface area (Å²) in [6, 6.07) is 11.1. The first-order chi connectivity index (χ1) is 7.86. The molecule has 2 rings (SSSR count). The number of rotatable bonds is 4. The fourth-order valence-electron chi connectivity index (χ4n) is 1.97. The molecule has 3 heteroatoms. The second kappa shape index (κ2) is 6.16. The zero-order valence-corrected chi connectivity index (χ0v) is 10.7. The molecule has 1 aliphatic heterocycles. The molecule has 1 heterocycles. The minimum Gasteiger partial charge on any atom is -0.383 e. The molecule has 16 heavy (non-hydrogen) atoms. The SMILES string of the molecule is CC(CNc1ccccc1)N1CCSCC1. The first-order valence-electron chi connectivity index (χ1n) is 5.97. The van der Waals surface area contributed by atoms with Crippen LogP contribution in [0, 0.1) is 0 Å². The Bertz CT molecular complexity index is 296. The quantitative estimate of drug-likeness (QED) is 0.865. The minimum atomic E-state index is 0.626. The van der Waals surface area contributed by atoms with E-state index in [1.165, 1.54) is 30.3 Å². The highest BCUT2D eigenvalue weighted by atomic mass is 32.2. The lowest BCUT2D eigenvalue weighted by atomic mass is 10.2. The summed E-state index contributed by atoms with van der Waals surface area (Å²) in [6.45, 7) is 5.82. The molecule has 0 aromatic heterocycles. The zero-order chi connectivity index (χ0) is 11.2. The van der Waals surface area contributed by atoms with Crippen LogP contribution < -0.4 is 5.32 Å². The smallest absolute Gasteiger partial charge is 0.0340 e. The first-order valence-corrected chi connectivity index (χ1v) is 7.12. The first kappa shape index (κ1) is 11.8. The maximum absolute atomic E-state index is 3.49. The molecule has 0 bridgehead atoms. The van der Waals surface area contributed by atoms with E-state index in [2.05, 4.69) is 59.2 Å². The Labute approximate surface area is 102 Å². The lowest BCUT2D eigenvalue weighted by molar-refractivity contribution is 0.239. The van der Waals surface area contributed by atoms with Gasteiger partial charge in [0, 0.05) is 42.9 Å². The van der Waals surface area contributed by atoms with Gasteiger partial charge in [0.2, 0.25) is 0 Å². The molecular formula is C13H20N2S. The van der Waals surface area contributed by atoms with Crippen LogP contribution in [0.3, 0.4) is 0 Å². The highest BCUT2D eigenvalue weighted by Gasteiger charge is 2.16. The van der Waals surface area contributed by atoms with Crippen molar-refractivity contribution in [2.24, 2.45) is 0 Å². The Morgan fingerprint density at radius 1 is 1.25 bits per heavy atom. The summed E-state index contributed by atoms with van der Waals surface area (Å²) in [6.07, 6.45) is 0. The van der Waals surface area contributed by atoms with Gasteiger partial charge in [-0.15, -0.1) is 0 Å². The van der Waals surface area contributed by atoms with Gasteiger partial charge in [0.15, 0.2) is 0 Å². The molecule has 1 fully saturated rings. The summed E-state index contributed by atoms with van der Waals surface area (Å²) in [5.41, 5.74) is 1.22. The van der Waals surface area contributed by atoms with E-state index in [4.69, 9.17) is 0 Å². The molecule has 1 aliphatic rings. The van der Waals surface area contributed by atoms with Crippen molar-refractivity contribution in [2.45, 2.75) is 13.0 Å². The lowest BCUT2D eigenvalue weighted by Crippen LogP contribution is -2.42. The van der Waals surface area contributed by atoms with Gasteiger partial charge in [-0.2, -0.15) is 11.8 Å². The molecule has 0 aliphatic carbocycles. The average Bonchev–Trinajstić information content (AvgIpc) is 2.38. The van der Waals surface area contributed by atoms with Gasteiger partial charge in [0.25, 0.3) is 0 Å². The molecule has 1 aromatic rings. The molecule has 2 nitrogen and oxygen atoms in total. The van der Waals surface area contributed by atoms with Crippen LogP contribution in [-0.4, -0.2) is 42.1 Å². The van der Waals surface area contributed by atoms with Gasteiger partial charge in [-0.3, -0.25) is 4.90 Å². The third-order valence-electron chi connectivity index (χ3n) is 3.04. The number of hydrogen-bond acceptors (Lipinski definition) is 3. The van der Waals surface area contributed by atoms with Gasteiger partial charge >= 0.3 is 0 Å². The van der Waals surface area contributed by atoms with Crippen molar-refractivity contribution in [3.8, 4) is 0 Å². The molecule has 1 atom stereocenters. The molecule has 1 N–H and O–H groups in total. The number of nitrogens with one attached hydrogen (secondary N) is 1.